The Labute approximate surface area is 165 Å². The lowest BCUT2D eigenvalue weighted by molar-refractivity contribution is -0.149. The molecule has 1 N–H and O–H groups in total. The van der Waals surface area contributed by atoms with Crippen molar-refractivity contribution in [2.75, 3.05) is 29.9 Å². The lowest BCUT2D eigenvalue weighted by Gasteiger charge is -2.34. The van der Waals surface area contributed by atoms with Crippen LogP contribution in [0.1, 0.15) is 18.4 Å². The minimum Gasteiger partial charge on any atom is -0.338 e. The summed E-state index contributed by atoms with van der Waals surface area (Å²) in [6.45, 7) is -0.258. The molecule has 1 aromatic carbocycles. The van der Waals surface area contributed by atoms with Crippen molar-refractivity contribution in [3.63, 3.8) is 0 Å². The van der Waals surface area contributed by atoms with Crippen LogP contribution in [0, 0.1) is 11.7 Å². The molecule has 1 fully saturated rings. The van der Waals surface area contributed by atoms with Gasteiger partial charge in [-0.3, -0.25) is 9.69 Å². The van der Waals surface area contributed by atoms with Gasteiger partial charge >= 0.3 is 6.18 Å². The number of piperidine rings is 1. The maximum absolute atomic E-state index is 13.8. The van der Waals surface area contributed by atoms with Crippen molar-refractivity contribution < 1.29 is 22.4 Å². The fourth-order valence-corrected chi connectivity index (χ4v) is 3.91. The maximum atomic E-state index is 13.8. The minimum absolute atomic E-state index is 0.164. The quantitative estimate of drug-likeness (QED) is 0.761. The first kappa shape index (κ1) is 19.6. The topological polar surface area (TPSA) is 48.5 Å². The number of fused-ring (bicyclic) bond motifs is 2. The number of rotatable bonds is 2. The van der Waals surface area contributed by atoms with Crippen LogP contribution in [0.2, 0.25) is 0 Å². The number of anilines is 3. The number of aromatic nitrogens is 1. The first-order chi connectivity index (χ1) is 13.8. The molecule has 1 aromatic heterocycles. The summed E-state index contributed by atoms with van der Waals surface area (Å²) >= 11 is 0. The summed E-state index contributed by atoms with van der Waals surface area (Å²) in [6, 6.07) is 7.74. The Bertz CT molecular complexity index is 910. The highest BCUT2D eigenvalue weighted by atomic mass is 19.4. The number of nitrogens with zero attached hydrogens (tertiary/aromatic N) is 3. The van der Waals surface area contributed by atoms with Crippen molar-refractivity contribution in [3.05, 3.63) is 47.9 Å². The van der Waals surface area contributed by atoms with Crippen molar-refractivity contribution in [2.24, 2.45) is 5.92 Å². The van der Waals surface area contributed by atoms with Crippen LogP contribution in [-0.4, -0.2) is 41.6 Å². The van der Waals surface area contributed by atoms with Crippen LogP contribution in [0.5, 0.6) is 0 Å². The highest BCUT2D eigenvalue weighted by Crippen LogP contribution is 2.37. The van der Waals surface area contributed by atoms with Gasteiger partial charge in [-0.25, -0.2) is 9.37 Å². The van der Waals surface area contributed by atoms with E-state index in [0.717, 1.165) is 5.56 Å². The van der Waals surface area contributed by atoms with Crippen molar-refractivity contribution in [1.29, 1.82) is 0 Å². The van der Waals surface area contributed by atoms with E-state index < -0.39 is 18.5 Å². The first-order valence-electron chi connectivity index (χ1n) is 9.41. The molecule has 2 aliphatic heterocycles. The summed E-state index contributed by atoms with van der Waals surface area (Å²) in [5.41, 5.74) is 1.75. The highest BCUT2D eigenvalue weighted by Gasteiger charge is 2.36. The van der Waals surface area contributed by atoms with Crippen LogP contribution in [0.15, 0.2) is 36.5 Å². The Morgan fingerprint density at radius 1 is 1.21 bits per heavy atom. The van der Waals surface area contributed by atoms with Crippen LogP contribution in [0.3, 0.4) is 0 Å². The molecule has 1 saturated heterocycles. The number of alkyl halides is 3. The second-order valence-electron chi connectivity index (χ2n) is 7.39. The van der Waals surface area contributed by atoms with E-state index in [1.54, 1.807) is 23.2 Å². The summed E-state index contributed by atoms with van der Waals surface area (Å²) in [5.74, 6) is -0.434. The zero-order valence-electron chi connectivity index (χ0n) is 15.5. The largest absolute Gasteiger partial charge is 0.401 e. The normalized spacial score (nSPS) is 17.9. The third-order valence-corrected chi connectivity index (χ3v) is 5.33. The Morgan fingerprint density at radius 2 is 1.97 bits per heavy atom. The van der Waals surface area contributed by atoms with Gasteiger partial charge in [-0.15, -0.1) is 0 Å². The van der Waals surface area contributed by atoms with Gasteiger partial charge in [-0.2, -0.15) is 13.2 Å². The van der Waals surface area contributed by atoms with Crippen LogP contribution in [-0.2, 0) is 11.3 Å². The zero-order chi connectivity index (χ0) is 20.6. The van der Waals surface area contributed by atoms with E-state index in [2.05, 4.69) is 10.3 Å². The number of benzene rings is 1. The van der Waals surface area contributed by atoms with Crippen molar-refractivity contribution in [1.82, 2.24) is 9.88 Å². The Balaban J connectivity index is 1.57. The molecule has 0 aliphatic carbocycles. The molecule has 0 radical (unpaired) electrons. The molecule has 0 atom stereocenters. The second-order valence-corrected chi connectivity index (χ2v) is 7.39. The van der Waals surface area contributed by atoms with E-state index in [9.17, 15) is 22.4 Å². The fourth-order valence-electron chi connectivity index (χ4n) is 3.91. The molecular formula is C20H20F4N4O. The number of carbonyl (C=O) groups is 1. The molecule has 0 saturated carbocycles. The molecule has 5 nitrogen and oxygen atoms in total. The van der Waals surface area contributed by atoms with Gasteiger partial charge in [0.2, 0.25) is 5.91 Å². The third kappa shape index (κ3) is 4.34. The standard InChI is InChI=1S/C20H20F4N4O/c21-15-3-4-17-16(10-15)26-18-14(2-1-7-25-18)11-28(17)19(29)13-5-8-27(9-6-13)12-20(22,23)24/h1-4,7,10,13H,5-6,8-9,11-12H2,(H,25,26). The minimum atomic E-state index is -4.24. The molecule has 29 heavy (non-hydrogen) atoms. The number of amides is 1. The van der Waals surface area contributed by atoms with Crippen LogP contribution in [0.4, 0.5) is 34.8 Å². The van der Waals surface area contributed by atoms with E-state index in [4.69, 9.17) is 0 Å². The van der Waals surface area contributed by atoms with Crippen molar-refractivity contribution >= 4 is 23.1 Å². The van der Waals surface area contributed by atoms with Crippen LogP contribution >= 0.6 is 0 Å². The lowest BCUT2D eigenvalue weighted by atomic mass is 9.94. The first-order valence-corrected chi connectivity index (χ1v) is 9.41. The number of pyridine rings is 1. The van der Waals surface area contributed by atoms with Gasteiger partial charge in [-0.1, -0.05) is 6.07 Å². The summed E-state index contributed by atoms with van der Waals surface area (Å²) in [5, 5.41) is 3.09. The van der Waals surface area contributed by atoms with Gasteiger partial charge in [0, 0.05) is 17.7 Å². The number of carbonyl (C=O) groups excluding carboxylic acids is 1. The molecule has 2 aliphatic rings. The Morgan fingerprint density at radius 3 is 2.69 bits per heavy atom. The van der Waals surface area contributed by atoms with Gasteiger partial charge in [-0.05, 0) is 50.2 Å². The number of hydrogen-bond acceptors (Lipinski definition) is 4. The van der Waals surface area contributed by atoms with Crippen LogP contribution < -0.4 is 10.2 Å². The average Bonchev–Trinajstić information content (AvgIpc) is 2.83. The predicted molar refractivity (Wildman–Crippen MR) is 100 cm³/mol. The van der Waals surface area contributed by atoms with Crippen LogP contribution in [0.25, 0.3) is 0 Å². The summed E-state index contributed by atoms with van der Waals surface area (Å²) in [7, 11) is 0. The molecule has 9 heteroatoms. The molecule has 2 aromatic rings. The van der Waals surface area contributed by atoms with Crippen molar-refractivity contribution in [2.45, 2.75) is 25.6 Å². The summed E-state index contributed by atoms with van der Waals surface area (Å²) in [6.07, 6.45) is -1.92. The molecular weight excluding hydrogens is 388 g/mol. The molecule has 0 bridgehead atoms. The van der Waals surface area contributed by atoms with E-state index in [1.165, 1.54) is 17.0 Å². The van der Waals surface area contributed by atoms with E-state index in [0.29, 0.717) is 30.0 Å². The zero-order valence-corrected chi connectivity index (χ0v) is 15.5. The van der Waals surface area contributed by atoms with Gasteiger partial charge in [0.1, 0.15) is 11.6 Å². The highest BCUT2D eigenvalue weighted by molar-refractivity contribution is 5.99. The van der Waals surface area contributed by atoms with E-state index >= 15 is 0 Å². The Hall–Kier alpha value is -2.68. The molecule has 1 amide bonds. The number of likely N-dealkylation sites (tertiary alicyclic amines) is 1. The molecule has 0 spiro atoms. The van der Waals surface area contributed by atoms with Crippen molar-refractivity contribution in [3.8, 4) is 0 Å². The molecule has 0 unspecified atom stereocenters. The average molecular weight is 408 g/mol. The number of hydrogen-bond donors (Lipinski definition) is 1. The lowest BCUT2D eigenvalue weighted by Crippen LogP contribution is -2.45. The summed E-state index contributed by atoms with van der Waals surface area (Å²) in [4.78, 5) is 20.5. The third-order valence-electron chi connectivity index (χ3n) is 5.33. The molecule has 3 heterocycles. The number of halogens is 4. The van der Waals surface area contributed by atoms with E-state index in [-0.39, 0.29) is 31.5 Å². The van der Waals surface area contributed by atoms with Gasteiger partial charge in [0.15, 0.2) is 0 Å². The van der Waals surface area contributed by atoms with Gasteiger partial charge in [0.25, 0.3) is 0 Å². The smallest absolute Gasteiger partial charge is 0.338 e. The molecule has 4 rings (SSSR count). The monoisotopic (exact) mass is 408 g/mol. The SMILES string of the molecule is O=C(C1CCN(CC(F)(F)F)CC1)N1Cc2cccnc2Nc2cc(F)ccc21. The maximum Gasteiger partial charge on any atom is 0.401 e. The molecule has 154 valence electrons. The Kier molecular flexibility index (Phi) is 5.16. The second kappa shape index (κ2) is 7.62. The van der Waals surface area contributed by atoms with Gasteiger partial charge < -0.3 is 10.2 Å². The van der Waals surface area contributed by atoms with E-state index in [1.807, 2.05) is 6.07 Å². The van der Waals surface area contributed by atoms with Gasteiger partial charge in [0.05, 0.1) is 24.5 Å². The summed E-state index contributed by atoms with van der Waals surface area (Å²) < 4.78 is 51.6. The number of nitrogens with one attached hydrogen (secondary N) is 1. The predicted octanol–water partition coefficient (Wildman–Crippen LogP) is 4.09. The fraction of sp³-hybridized carbons (Fsp3) is 0.400.